The Balaban J connectivity index is 0.000000123. The molecule has 0 spiro atoms. The number of hydrogen-bond acceptors (Lipinski definition) is 3. The largest absolute Gasteiger partial charge is 0.534 e. The predicted molar refractivity (Wildman–Crippen MR) is 367 cm³/mol. The first-order valence-corrected chi connectivity index (χ1v) is 30.9. The van der Waals surface area contributed by atoms with Crippen molar-refractivity contribution in [1.82, 2.24) is 0 Å². The maximum atomic E-state index is 12.6. The zero-order chi connectivity index (χ0) is 60.6. The highest BCUT2D eigenvalue weighted by atomic mass is 32.2. The van der Waals surface area contributed by atoms with Crippen molar-refractivity contribution in [2.24, 2.45) is 0 Å². The van der Waals surface area contributed by atoms with Crippen molar-refractivity contribution in [3.05, 3.63) is 321 Å². The Labute approximate surface area is 513 Å². The second-order valence-corrected chi connectivity index (χ2v) is 23.7. The predicted octanol–water partition coefficient (Wildman–Crippen LogP) is 23.2. The quantitative estimate of drug-likeness (QED) is 0.0907. The Kier molecular flexibility index (Phi) is 14.7. The van der Waals surface area contributed by atoms with Gasteiger partial charge < -0.3 is 4.18 Å². The van der Waals surface area contributed by atoms with Crippen molar-refractivity contribution in [2.45, 2.75) is 12.4 Å². The minimum Gasteiger partial charge on any atom is -0.375 e. The van der Waals surface area contributed by atoms with Crippen LogP contribution in [0.3, 0.4) is 0 Å². The van der Waals surface area contributed by atoms with E-state index in [1.165, 1.54) is 138 Å². The standard InChI is InChI=1S/C40H26.C25H18.C17H11F3O3S/c1-2-13-27(14-3-1)30-25-29-16-5-7-19-32(29)38(26-30)40-36-22-10-8-20-34(36)39(35-21-9-11-23-37(35)40)33-24-12-17-28-15-4-6-18-31(28)33;1-17-19-11-4-6-14-22(19)25(23-15-7-5-12-20(17)23)24-16-8-10-18-9-2-3-13-21(18)24;18-17(19,20)24(21,22)23-16-11-14(12-6-2-1-3-7-12)10-13-8-4-5-9-15(13)16/h1-26H;2-16H,1H3;1-11H. The Hall–Kier alpha value is -10.9. The molecular formula is C82H55F3O3S. The molecule has 16 aromatic rings. The lowest BCUT2D eigenvalue weighted by atomic mass is 9.83. The lowest BCUT2D eigenvalue weighted by molar-refractivity contribution is -0.0499. The molecule has 0 fully saturated rings. The Bertz CT molecular complexity index is 5370. The van der Waals surface area contributed by atoms with Crippen LogP contribution >= 0.6 is 0 Å². The molecule has 0 heterocycles. The van der Waals surface area contributed by atoms with Crippen LogP contribution in [-0.4, -0.2) is 13.9 Å². The molecule has 16 rings (SSSR count). The molecule has 0 saturated heterocycles. The van der Waals surface area contributed by atoms with E-state index in [0.29, 0.717) is 10.9 Å². The van der Waals surface area contributed by atoms with Crippen LogP contribution in [0.5, 0.6) is 5.75 Å². The number of aryl methyl sites for hydroxylation is 1. The molecule has 0 amide bonds. The van der Waals surface area contributed by atoms with E-state index >= 15 is 0 Å². The van der Waals surface area contributed by atoms with Crippen molar-refractivity contribution >= 4 is 96.3 Å². The average molecular weight is 1180 g/mol. The van der Waals surface area contributed by atoms with Crippen LogP contribution in [0.2, 0.25) is 0 Å². The van der Waals surface area contributed by atoms with Gasteiger partial charge >= 0.3 is 15.6 Å². The topological polar surface area (TPSA) is 43.4 Å². The van der Waals surface area contributed by atoms with Gasteiger partial charge in [0.1, 0.15) is 0 Å². The highest BCUT2D eigenvalue weighted by Gasteiger charge is 2.48. The molecule has 0 bridgehead atoms. The first-order valence-electron chi connectivity index (χ1n) is 29.5. The molecule has 0 aliphatic carbocycles. The van der Waals surface area contributed by atoms with Crippen LogP contribution in [0.15, 0.2) is 315 Å². The van der Waals surface area contributed by atoms with Gasteiger partial charge in [-0.1, -0.05) is 291 Å². The first-order chi connectivity index (χ1) is 43.5. The summed E-state index contributed by atoms with van der Waals surface area (Å²) < 4.78 is 65.0. The van der Waals surface area contributed by atoms with E-state index in [1.54, 1.807) is 54.6 Å². The lowest BCUT2D eigenvalue weighted by Crippen LogP contribution is -2.28. The van der Waals surface area contributed by atoms with Crippen molar-refractivity contribution in [1.29, 1.82) is 0 Å². The molecule has 0 aliphatic heterocycles. The molecule has 0 saturated carbocycles. The fourth-order valence-electron chi connectivity index (χ4n) is 12.9. The molecule has 89 heavy (non-hydrogen) atoms. The van der Waals surface area contributed by atoms with Gasteiger partial charge in [-0.25, -0.2) is 0 Å². The zero-order valence-electron chi connectivity index (χ0n) is 48.3. The fourth-order valence-corrected chi connectivity index (χ4v) is 13.3. The lowest BCUT2D eigenvalue weighted by Gasteiger charge is -2.20. The summed E-state index contributed by atoms with van der Waals surface area (Å²) in [6.45, 7) is 2.23. The summed E-state index contributed by atoms with van der Waals surface area (Å²) >= 11 is 0. The molecule has 7 heteroatoms. The SMILES string of the molecule is Cc1c2ccccc2c(-c2cccc3ccccc23)c2ccccc12.O=S(=O)(Oc1cc(-c2ccccc2)cc2ccccc12)C(F)(F)F.c1ccc(-c2cc(-c3c4ccccc4c(-c4cccc5ccccc45)c4ccccc34)c3ccccc3c2)cc1. The molecule has 16 aromatic carbocycles. The minimum atomic E-state index is -5.74. The van der Waals surface area contributed by atoms with Crippen molar-refractivity contribution < 1.29 is 25.8 Å². The number of fused-ring (bicyclic) bond motifs is 8. The molecule has 0 radical (unpaired) electrons. The fraction of sp³-hybridized carbons (Fsp3) is 0.0244. The van der Waals surface area contributed by atoms with E-state index in [-0.39, 0.29) is 11.1 Å². The van der Waals surface area contributed by atoms with Gasteiger partial charge in [0.2, 0.25) is 0 Å². The Morgan fingerprint density at radius 3 is 0.978 bits per heavy atom. The molecule has 0 N–H and O–H groups in total. The number of benzene rings is 16. The van der Waals surface area contributed by atoms with E-state index in [0.717, 1.165) is 5.56 Å². The Morgan fingerprint density at radius 2 is 0.562 bits per heavy atom. The second-order valence-electron chi connectivity index (χ2n) is 22.1. The molecule has 3 nitrogen and oxygen atoms in total. The molecule has 428 valence electrons. The van der Waals surface area contributed by atoms with Gasteiger partial charge in [-0.2, -0.15) is 21.6 Å². The van der Waals surface area contributed by atoms with E-state index in [9.17, 15) is 21.6 Å². The molecular weight excluding hydrogens is 1120 g/mol. The van der Waals surface area contributed by atoms with Crippen LogP contribution < -0.4 is 4.18 Å². The van der Waals surface area contributed by atoms with Gasteiger partial charge in [0.25, 0.3) is 0 Å². The summed E-state index contributed by atoms with van der Waals surface area (Å²) in [4.78, 5) is 0. The maximum Gasteiger partial charge on any atom is 0.534 e. The highest BCUT2D eigenvalue weighted by Crippen LogP contribution is 2.48. The van der Waals surface area contributed by atoms with Gasteiger partial charge in [0, 0.05) is 5.39 Å². The third-order valence-corrected chi connectivity index (χ3v) is 17.9. The number of rotatable bonds is 7. The number of alkyl halides is 3. The van der Waals surface area contributed by atoms with Gasteiger partial charge in [-0.05, 0) is 173 Å². The number of hydrogen-bond donors (Lipinski definition) is 0. The van der Waals surface area contributed by atoms with Crippen LogP contribution in [0.4, 0.5) is 13.2 Å². The normalized spacial score (nSPS) is 11.7. The summed E-state index contributed by atoms with van der Waals surface area (Å²) in [5, 5.41) is 19.0. The minimum absolute atomic E-state index is 0.282. The van der Waals surface area contributed by atoms with Crippen molar-refractivity contribution in [2.75, 3.05) is 0 Å². The zero-order valence-corrected chi connectivity index (χ0v) is 49.1. The van der Waals surface area contributed by atoms with E-state index in [4.69, 9.17) is 0 Å². The van der Waals surface area contributed by atoms with Gasteiger partial charge in [-0.3, -0.25) is 0 Å². The third-order valence-electron chi connectivity index (χ3n) is 16.9. The highest BCUT2D eigenvalue weighted by molar-refractivity contribution is 7.88. The Morgan fingerprint density at radius 1 is 0.270 bits per heavy atom. The first kappa shape index (κ1) is 56.0. The van der Waals surface area contributed by atoms with E-state index in [1.807, 2.05) is 0 Å². The second kappa shape index (κ2) is 23.4. The molecule has 0 aromatic heterocycles. The van der Waals surface area contributed by atoms with Crippen LogP contribution in [0.25, 0.3) is 142 Å². The van der Waals surface area contributed by atoms with Gasteiger partial charge in [0.15, 0.2) is 5.75 Å². The summed E-state index contributed by atoms with van der Waals surface area (Å²) in [7, 11) is -5.74. The van der Waals surface area contributed by atoms with Crippen LogP contribution in [0, 0.1) is 6.92 Å². The van der Waals surface area contributed by atoms with E-state index in [2.05, 4.69) is 260 Å². The van der Waals surface area contributed by atoms with Crippen molar-refractivity contribution in [3.63, 3.8) is 0 Å². The average Bonchev–Trinajstić information content (AvgIpc) is 1.01. The molecule has 0 atom stereocenters. The van der Waals surface area contributed by atoms with Gasteiger partial charge in [-0.15, -0.1) is 0 Å². The smallest absolute Gasteiger partial charge is 0.375 e. The third kappa shape index (κ3) is 10.6. The van der Waals surface area contributed by atoms with Gasteiger partial charge in [0.05, 0.1) is 0 Å². The van der Waals surface area contributed by atoms with Crippen LogP contribution in [0.1, 0.15) is 5.56 Å². The monoisotopic (exact) mass is 1180 g/mol. The van der Waals surface area contributed by atoms with Crippen molar-refractivity contribution in [3.8, 4) is 61.4 Å². The summed E-state index contributed by atoms with van der Waals surface area (Å²) in [6, 6.07) is 109. The number of halogens is 3. The molecule has 0 unspecified atom stereocenters. The summed E-state index contributed by atoms with van der Waals surface area (Å²) in [6.07, 6.45) is 0. The van der Waals surface area contributed by atoms with E-state index < -0.39 is 15.6 Å². The molecule has 0 aliphatic rings. The van der Waals surface area contributed by atoms with Crippen LogP contribution in [-0.2, 0) is 10.1 Å². The summed E-state index contributed by atoms with van der Waals surface area (Å²) in [5.74, 6) is -0.357. The summed E-state index contributed by atoms with van der Waals surface area (Å²) in [5.41, 5.74) is 7.43. The maximum absolute atomic E-state index is 12.6.